The Morgan fingerprint density at radius 1 is 1.23 bits per heavy atom. The fraction of sp³-hybridized carbons (Fsp3) is 0.632. The topological polar surface area (TPSA) is 46.3 Å². The van der Waals surface area contributed by atoms with Crippen molar-refractivity contribution in [3.63, 3.8) is 0 Å². The second-order valence-electron chi connectivity index (χ2n) is 7.13. The van der Waals surface area contributed by atoms with E-state index in [0.717, 1.165) is 45.1 Å². The first-order valence-electron chi connectivity index (χ1n) is 8.75. The molecule has 120 valence electrons. The van der Waals surface area contributed by atoms with Gasteiger partial charge in [-0.3, -0.25) is 4.79 Å². The molecule has 4 unspecified atom stereocenters. The molecule has 1 aliphatic carbocycles. The van der Waals surface area contributed by atoms with Crippen LogP contribution in [0.2, 0.25) is 0 Å². The Kier molecular flexibility index (Phi) is 4.82. The SMILES string of the molecule is CC1C(Cc2ccccc2)CCN1C(=O)C1CCCC(N)C1. The summed E-state index contributed by atoms with van der Waals surface area (Å²) in [6.07, 6.45) is 6.30. The summed E-state index contributed by atoms with van der Waals surface area (Å²) in [6, 6.07) is 11.2. The summed E-state index contributed by atoms with van der Waals surface area (Å²) in [5.41, 5.74) is 7.44. The molecule has 2 aliphatic rings. The van der Waals surface area contributed by atoms with Gasteiger partial charge in [0.1, 0.15) is 0 Å². The van der Waals surface area contributed by atoms with Crippen LogP contribution in [-0.2, 0) is 11.2 Å². The molecule has 3 heteroatoms. The zero-order valence-electron chi connectivity index (χ0n) is 13.6. The molecule has 1 saturated heterocycles. The van der Waals surface area contributed by atoms with E-state index >= 15 is 0 Å². The largest absolute Gasteiger partial charge is 0.339 e. The van der Waals surface area contributed by atoms with Gasteiger partial charge in [0.15, 0.2) is 0 Å². The van der Waals surface area contributed by atoms with Crippen molar-refractivity contribution in [3.8, 4) is 0 Å². The third kappa shape index (κ3) is 3.35. The molecule has 1 aliphatic heterocycles. The molecule has 0 radical (unpaired) electrons. The van der Waals surface area contributed by atoms with Gasteiger partial charge in [0.05, 0.1) is 0 Å². The van der Waals surface area contributed by atoms with Gasteiger partial charge in [0, 0.05) is 24.5 Å². The molecule has 2 N–H and O–H groups in total. The van der Waals surface area contributed by atoms with Crippen molar-refractivity contribution >= 4 is 5.91 Å². The maximum atomic E-state index is 12.8. The molecule has 2 fully saturated rings. The van der Waals surface area contributed by atoms with E-state index in [1.807, 2.05) is 0 Å². The Morgan fingerprint density at radius 2 is 2.00 bits per heavy atom. The van der Waals surface area contributed by atoms with Gasteiger partial charge in [0.25, 0.3) is 0 Å². The summed E-state index contributed by atoms with van der Waals surface area (Å²) >= 11 is 0. The minimum Gasteiger partial charge on any atom is -0.339 e. The lowest BCUT2D eigenvalue weighted by Crippen LogP contribution is -2.43. The highest BCUT2D eigenvalue weighted by molar-refractivity contribution is 5.79. The van der Waals surface area contributed by atoms with Crippen LogP contribution in [0, 0.1) is 11.8 Å². The maximum absolute atomic E-state index is 12.8. The van der Waals surface area contributed by atoms with Gasteiger partial charge in [-0.05, 0) is 50.5 Å². The highest BCUT2D eigenvalue weighted by Crippen LogP contribution is 2.32. The molecule has 0 aromatic heterocycles. The molecular weight excluding hydrogens is 272 g/mol. The molecule has 1 aromatic rings. The number of rotatable bonds is 3. The van der Waals surface area contributed by atoms with Crippen LogP contribution in [0.4, 0.5) is 0 Å². The predicted molar refractivity (Wildman–Crippen MR) is 89.4 cm³/mol. The molecule has 1 heterocycles. The smallest absolute Gasteiger partial charge is 0.225 e. The van der Waals surface area contributed by atoms with Gasteiger partial charge in [-0.1, -0.05) is 36.8 Å². The molecule has 3 nitrogen and oxygen atoms in total. The summed E-state index contributed by atoms with van der Waals surface area (Å²) < 4.78 is 0. The van der Waals surface area contributed by atoms with Crippen LogP contribution in [0.1, 0.15) is 44.6 Å². The van der Waals surface area contributed by atoms with E-state index in [-0.39, 0.29) is 12.0 Å². The molecule has 4 atom stereocenters. The number of nitrogens with two attached hydrogens (primary N) is 1. The van der Waals surface area contributed by atoms with Crippen molar-refractivity contribution in [1.82, 2.24) is 4.90 Å². The normalized spacial score (nSPS) is 32.2. The molecule has 1 amide bonds. The standard InChI is InChI=1S/C19H28N2O/c1-14-16(12-15-6-3-2-4-7-15)10-11-21(14)19(22)17-8-5-9-18(20)13-17/h2-4,6-7,14,16-18H,5,8-13,20H2,1H3. The highest BCUT2D eigenvalue weighted by atomic mass is 16.2. The zero-order chi connectivity index (χ0) is 15.5. The first kappa shape index (κ1) is 15.5. The summed E-state index contributed by atoms with van der Waals surface area (Å²) in [5, 5.41) is 0. The van der Waals surface area contributed by atoms with E-state index < -0.39 is 0 Å². The molecule has 0 bridgehead atoms. The Bertz CT molecular complexity index is 501. The third-order valence-corrected chi connectivity index (χ3v) is 5.60. The lowest BCUT2D eigenvalue weighted by molar-refractivity contribution is -0.137. The first-order valence-corrected chi connectivity index (χ1v) is 8.75. The number of benzene rings is 1. The number of hydrogen-bond acceptors (Lipinski definition) is 2. The van der Waals surface area contributed by atoms with Crippen molar-refractivity contribution in [2.45, 2.75) is 57.5 Å². The number of likely N-dealkylation sites (tertiary alicyclic amines) is 1. The Labute approximate surface area is 133 Å². The second-order valence-corrected chi connectivity index (χ2v) is 7.13. The lowest BCUT2D eigenvalue weighted by Gasteiger charge is -2.32. The average Bonchev–Trinajstić information content (AvgIpc) is 2.89. The van der Waals surface area contributed by atoms with Gasteiger partial charge < -0.3 is 10.6 Å². The fourth-order valence-electron chi connectivity index (χ4n) is 4.19. The van der Waals surface area contributed by atoms with E-state index in [0.29, 0.717) is 17.9 Å². The Hall–Kier alpha value is -1.35. The maximum Gasteiger partial charge on any atom is 0.225 e. The third-order valence-electron chi connectivity index (χ3n) is 5.60. The van der Waals surface area contributed by atoms with E-state index in [1.165, 1.54) is 5.56 Å². The van der Waals surface area contributed by atoms with Crippen LogP contribution in [-0.4, -0.2) is 29.4 Å². The van der Waals surface area contributed by atoms with Gasteiger partial charge in [-0.15, -0.1) is 0 Å². The summed E-state index contributed by atoms with van der Waals surface area (Å²) in [6.45, 7) is 3.14. The van der Waals surface area contributed by atoms with Crippen LogP contribution in [0.3, 0.4) is 0 Å². The molecular formula is C19H28N2O. The molecule has 1 aromatic carbocycles. The monoisotopic (exact) mass is 300 g/mol. The number of nitrogens with zero attached hydrogens (tertiary/aromatic N) is 1. The first-order chi connectivity index (χ1) is 10.6. The number of carbonyl (C=O) groups is 1. The summed E-state index contributed by atoms with van der Waals surface area (Å²) in [5.74, 6) is 1.11. The van der Waals surface area contributed by atoms with Crippen LogP contribution < -0.4 is 5.73 Å². The van der Waals surface area contributed by atoms with Crippen molar-refractivity contribution in [2.75, 3.05) is 6.54 Å². The minimum atomic E-state index is 0.168. The Balaban J connectivity index is 1.60. The number of hydrogen-bond donors (Lipinski definition) is 1. The zero-order valence-corrected chi connectivity index (χ0v) is 13.6. The van der Waals surface area contributed by atoms with Crippen LogP contribution >= 0.6 is 0 Å². The summed E-state index contributed by atoms with van der Waals surface area (Å²) in [7, 11) is 0. The quantitative estimate of drug-likeness (QED) is 0.933. The number of amides is 1. The van der Waals surface area contributed by atoms with Crippen LogP contribution in [0.15, 0.2) is 30.3 Å². The predicted octanol–water partition coefficient (Wildman–Crippen LogP) is 2.98. The minimum absolute atomic E-state index is 0.168. The number of carbonyl (C=O) groups excluding carboxylic acids is 1. The van der Waals surface area contributed by atoms with Crippen molar-refractivity contribution in [2.24, 2.45) is 17.6 Å². The van der Waals surface area contributed by atoms with Gasteiger partial charge in [-0.2, -0.15) is 0 Å². The van der Waals surface area contributed by atoms with Gasteiger partial charge >= 0.3 is 0 Å². The fourth-order valence-corrected chi connectivity index (χ4v) is 4.19. The molecule has 0 spiro atoms. The van der Waals surface area contributed by atoms with Crippen LogP contribution in [0.5, 0.6) is 0 Å². The highest BCUT2D eigenvalue weighted by Gasteiger charge is 2.37. The van der Waals surface area contributed by atoms with E-state index in [9.17, 15) is 4.79 Å². The van der Waals surface area contributed by atoms with Gasteiger partial charge in [0.2, 0.25) is 5.91 Å². The molecule has 3 rings (SSSR count). The van der Waals surface area contributed by atoms with E-state index in [4.69, 9.17) is 5.73 Å². The average molecular weight is 300 g/mol. The van der Waals surface area contributed by atoms with E-state index in [1.54, 1.807) is 0 Å². The van der Waals surface area contributed by atoms with E-state index in [2.05, 4.69) is 42.2 Å². The van der Waals surface area contributed by atoms with Crippen molar-refractivity contribution in [1.29, 1.82) is 0 Å². The van der Waals surface area contributed by atoms with Crippen molar-refractivity contribution in [3.05, 3.63) is 35.9 Å². The lowest BCUT2D eigenvalue weighted by atomic mass is 9.85. The molecule has 22 heavy (non-hydrogen) atoms. The second kappa shape index (κ2) is 6.82. The Morgan fingerprint density at radius 3 is 2.73 bits per heavy atom. The van der Waals surface area contributed by atoms with Crippen molar-refractivity contribution < 1.29 is 4.79 Å². The molecule has 1 saturated carbocycles. The summed E-state index contributed by atoms with van der Waals surface area (Å²) in [4.78, 5) is 15.0. The van der Waals surface area contributed by atoms with Gasteiger partial charge in [-0.25, -0.2) is 0 Å². The van der Waals surface area contributed by atoms with Crippen LogP contribution in [0.25, 0.3) is 0 Å².